The summed E-state index contributed by atoms with van der Waals surface area (Å²) in [4.78, 5) is 15.8. The van der Waals surface area contributed by atoms with E-state index >= 15 is 0 Å². The second-order valence-corrected chi connectivity index (χ2v) is 12.1. The molecule has 110 heavy (non-hydrogen) atoms. The van der Waals surface area contributed by atoms with Crippen molar-refractivity contribution in [2.75, 3.05) is 0 Å². The molecule has 6 N–H and O–H groups in total. The van der Waals surface area contributed by atoms with Gasteiger partial charge >= 0.3 is 0 Å². The number of hydrogen-bond donors (Lipinski definition) is 2. The number of terminal acetylenes is 2. The van der Waals surface area contributed by atoms with Crippen LogP contribution in [-0.4, -0.2) is 5.48 Å². The molecule has 0 amide bonds. The number of hydrogen-bond acceptors (Lipinski definition) is 6. The Balaban J connectivity index is -0.000000140. The van der Waals surface area contributed by atoms with Crippen LogP contribution in [0.2, 0.25) is 0 Å². The third-order valence-electron chi connectivity index (χ3n) is 5.83. The van der Waals surface area contributed by atoms with Crippen LogP contribution in [0, 0.1) is 584 Å². The molecule has 0 aromatic rings. The Morgan fingerprint density at radius 1 is 0.209 bits per heavy atom. The zero-order chi connectivity index (χ0) is 77.8. The van der Waals surface area contributed by atoms with E-state index in [0.717, 1.165) is 0 Å². The fourth-order valence-electron chi connectivity index (χ4n) is 2.82. The maximum atomic E-state index is 7.00. The maximum Gasteiger partial charge on any atom is 0 e. The van der Waals surface area contributed by atoms with Crippen LogP contribution in [0.25, 0.3) is 10.4 Å². The van der Waals surface area contributed by atoms with Gasteiger partial charge in [0.1, 0.15) is 0 Å². The normalized spacial score (nSPS) is 3.60. The van der Waals surface area contributed by atoms with E-state index in [9.17, 15) is 0 Å². The van der Waals surface area contributed by atoms with Crippen molar-refractivity contribution in [2.45, 2.75) is 35.1 Å². The molecule has 0 saturated carbocycles. The van der Waals surface area contributed by atoms with Gasteiger partial charge in [0, 0.05) is 277 Å². The van der Waals surface area contributed by atoms with Crippen molar-refractivity contribution in [1.29, 1.82) is 16.3 Å². The van der Waals surface area contributed by atoms with E-state index in [4.69, 9.17) is 44.6 Å². The average Bonchev–Trinajstić information content (AvgIpc) is 2.45. The van der Waals surface area contributed by atoms with E-state index in [0.29, 0.717) is 0 Å². The molecule has 9 nitrogen and oxygen atoms in total. The summed E-state index contributed by atoms with van der Waals surface area (Å²) in [5, 5.41) is 12.0. The first-order chi connectivity index (χ1) is 52.2. The molecule has 11 heteroatoms. The molecule has 0 spiro atoms. The van der Waals surface area contributed by atoms with E-state index in [1.54, 1.807) is 32.6 Å². The van der Waals surface area contributed by atoms with Crippen LogP contribution in [0.3, 0.4) is 0 Å². The Labute approximate surface area is 669 Å². The van der Waals surface area contributed by atoms with E-state index < -0.39 is 0 Å². The zero-order valence-electron chi connectivity index (χ0n) is 56.3. The summed E-state index contributed by atoms with van der Waals surface area (Å²) in [5.74, 6) is 229. The van der Waals surface area contributed by atoms with Crippen molar-refractivity contribution in [2.24, 2.45) is 0 Å². The summed E-state index contributed by atoms with van der Waals surface area (Å²) in [5.41, 5.74) is 12.2. The van der Waals surface area contributed by atoms with Crippen LogP contribution < -0.4 is 6.15 Å². The molecule has 0 aliphatic rings. The van der Waals surface area contributed by atoms with Gasteiger partial charge in [-0.1, -0.05) is 31.1 Å². The van der Waals surface area contributed by atoms with Crippen LogP contribution in [0.5, 0.6) is 0 Å². The Hall–Kier alpha value is -21.5. The van der Waals surface area contributed by atoms with Gasteiger partial charge in [-0.15, -0.1) is 18.4 Å². The van der Waals surface area contributed by atoms with Crippen molar-refractivity contribution in [3.05, 3.63) is 20.4 Å². The third kappa shape index (κ3) is 139. The van der Waals surface area contributed by atoms with Gasteiger partial charge in [0.05, 0.1) is 0 Å². The molecule has 0 radical (unpaired) electrons. The van der Waals surface area contributed by atoms with E-state index in [1.807, 2.05) is 0 Å². The molecule has 0 heterocycles. The SMILES string of the molecule is C.C#CC#CC#CC#CC#CC#CC#CC#CC#CC#CC#CC#CC#CC.C#CC#CC#CC#CC#CC#CC#CC#CC#CC#CC#CC#CC#CC#CC#CC#CC#CC.CC#CC#CC#CC#CC#CC#CC#CC#CC#CC#CC#CC#CC#CC#CC#CC#CC#CC.N.N#N.O.O=O.S.[N-]=[N+]=N.[Ru]. The Kier molecular flexibility index (Phi) is 131. The first kappa shape index (κ1) is 113. The minimum Gasteiger partial charge on any atom is -0.412 e. The van der Waals surface area contributed by atoms with Gasteiger partial charge in [0.15, 0.2) is 0 Å². The quantitative estimate of drug-likeness (QED) is 0.0930. The van der Waals surface area contributed by atoms with Crippen LogP contribution in [-0.2, 0) is 19.5 Å². The van der Waals surface area contributed by atoms with Crippen molar-refractivity contribution < 1.29 is 25.0 Å². The summed E-state index contributed by atoms with van der Waals surface area (Å²) in [6.07, 6.45) is 9.84. The number of rotatable bonds is 0. The van der Waals surface area contributed by atoms with Crippen molar-refractivity contribution >= 4 is 13.5 Å². The second kappa shape index (κ2) is 128. The first-order valence-electron chi connectivity index (χ1n) is 25.6. The van der Waals surface area contributed by atoms with Crippen molar-refractivity contribution in [3.8, 4) is 558 Å². The molecular formula is C99H26N6O3RuS. The Morgan fingerprint density at radius 2 is 0.255 bits per heavy atom. The van der Waals surface area contributed by atoms with Gasteiger partial charge in [-0.2, -0.15) is 13.5 Å². The average molecular weight is 1480 g/mol. The Morgan fingerprint density at radius 3 is 0.300 bits per heavy atom. The molecule has 0 aliphatic heterocycles. The molecule has 0 aromatic carbocycles. The van der Waals surface area contributed by atoms with Gasteiger partial charge in [0.2, 0.25) is 0 Å². The third-order valence-corrected chi connectivity index (χ3v) is 5.83. The number of nitrogens with one attached hydrogen (secondary N) is 1. The molecule has 484 valence electrons. The summed E-state index contributed by atoms with van der Waals surface area (Å²) < 4.78 is 0. The minimum atomic E-state index is 0. The molecule has 0 unspecified atom stereocenters. The van der Waals surface area contributed by atoms with Gasteiger partial charge in [0.25, 0.3) is 0 Å². The Bertz CT molecular complexity index is 6710. The van der Waals surface area contributed by atoms with Crippen LogP contribution in [0.1, 0.15) is 35.1 Å². The van der Waals surface area contributed by atoms with E-state index in [2.05, 4.69) is 545 Å². The summed E-state index contributed by atoms with van der Waals surface area (Å²) >= 11 is 0. The molecule has 0 atom stereocenters. The van der Waals surface area contributed by atoms with Gasteiger partial charge in [-0.3, -0.25) is 0 Å². The van der Waals surface area contributed by atoms with Gasteiger partial charge < -0.3 is 11.6 Å². The minimum absolute atomic E-state index is 0. The van der Waals surface area contributed by atoms with E-state index in [1.165, 1.54) is 0 Å². The molecular weight excluding hydrogens is 1450 g/mol. The molecule has 0 fully saturated rings. The molecule has 0 aliphatic carbocycles. The van der Waals surface area contributed by atoms with Gasteiger partial charge in [-0.05, 0) is 322 Å². The standard InChI is InChI=1S/C36H6.C35H4.C27H4.CH4.HN3.N2.H3N.O2.H2O.Ru.H2S/c1-3-5-7-9-11-13-15-17-19-21-23-25-27-29-31-33-35-36-34-32-30-28-26-24-22-20-18-16-14-12-10-8-6-4-2;1-3-5-7-9-11-13-15-17-19-21-23-25-27-29-31-33-35-34-32-30-28-26-24-22-20-18-16-14-12-10-8-6-4-2;1-3-5-7-9-11-13-15-17-19-21-23-25-27-26-24-22-20-18-16-14-12-10-8-6-4-2;;1-3-2;1-2;;1-2;;;/h1-2H3;1H,2H3;1H,2H3;1H4;1H;;1H3;;1H2;;1H2. The van der Waals surface area contributed by atoms with Crippen LogP contribution in [0.15, 0.2) is 0 Å². The summed E-state index contributed by atoms with van der Waals surface area (Å²) in [7, 11) is 0. The molecule has 0 bridgehead atoms. The van der Waals surface area contributed by atoms with Gasteiger partial charge in [-0.25, -0.2) is 0 Å². The van der Waals surface area contributed by atoms with Crippen molar-refractivity contribution in [3.63, 3.8) is 0 Å². The second-order valence-electron chi connectivity index (χ2n) is 12.1. The largest absolute Gasteiger partial charge is 0.412 e. The van der Waals surface area contributed by atoms with Crippen LogP contribution in [0.4, 0.5) is 0 Å². The maximum absolute atomic E-state index is 7.00. The first-order valence-corrected chi connectivity index (χ1v) is 25.6. The number of nitrogens with zero attached hydrogens (tertiary/aromatic N) is 4. The summed E-state index contributed by atoms with van der Waals surface area (Å²) in [6, 6.07) is 0. The van der Waals surface area contributed by atoms with Crippen molar-refractivity contribution in [1.82, 2.24) is 6.15 Å². The predicted molar refractivity (Wildman–Crippen MR) is 436 cm³/mol. The zero-order valence-corrected chi connectivity index (χ0v) is 59.1. The fourth-order valence-corrected chi connectivity index (χ4v) is 2.82. The molecule has 0 saturated heterocycles. The fraction of sp³-hybridized carbons (Fsp3) is 0.0505. The van der Waals surface area contributed by atoms with E-state index in [-0.39, 0.29) is 52.0 Å². The smallest absolute Gasteiger partial charge is 0 e. The molecule has 0 aromatic heterocycles. The topological polar surface area (TPSA) is 208 Å². The predicted octanol–water partition coefficient (Wildman–Crippen LogP) is 3.51. The van der Waals surface area contributed by atoms with Crippen LogP contribution >= 0.6 is 13.5 Å². The molecule has 0 rings (SSSR count). The summed E-state index contributed by atoms with van der Waals surface area (Å²) in [6.45, 7) is 6.77. The monoisotopic (exact) mass is 1480 g/mol.